The van der Waals surface area contributed by atoms with Gasteiger partial charge in [-0.1, -0.05) is 5.46 Å². The largest absolute Gasteiger partial charge is 0.397 e. The van der Waals surface area contributed by atoms with E-state index in [1.807, 2.05) is 6.07 Å². The van der Waals surface area contributed by atoms with Gasteiger partial charge in [0.1, 0.15) is 7.85 Å². The van der Waals surface area contributed by atoms with E-state index >= 15 is 0 Å². The summed E-state index contributed by atoms with van der Waals surface area (Å²) in [4.78, 5) is 2.07. The SMILES string of the molecule is [B]c1cc(N)c2c3c1N23. The third-order valence-corrected chi connectivity index (χ3v) is 1.88. The van der Waals surface area contributed by atoms with Crippen LogP contribution >= 0.6 is 0 Å². The van der Waals surface area contributed by atoms with Gasteiger partial charge in [-0.05, 0) is 6.07 Å². The molecule has 2 nitrogen and oxygen atoms in total. The first-order chi connectivity index (χ1) is 4.30. The number of nitrogens with two attached hydrogens (primary N) is 1. The Morgan fingerprint density at radius 2 is 2.00 bits per heavy atom. The van der Waals surface area contributed by atoms with E-state index < -0.39 is 0 Å². The maximum Gasteiger partial charge on any atom is 0.116 e. The Morgan fingerprint density at radius 3 is 2.44 bits per heavy atom. The summed E-state index contributed by atoms with van der Waals surface area (Å²) >= 11 is 0. The zero-order valence-electron chi connectivity index (χ0n) is 4.68. The molecule has 0 saturated carbocycles. The summed E-state index contributed by atoms with van der Waals surface area (Å²) in [5.41, 5.74) is 10.9. The zero-order chi connectivity index (χ0) is 6.17. The van der Waals surface area contributed by atoms with Crippen molar-refractivity contribution in [3.8, 4) is 0 Å². The van der Waals surface area contributed by atoms with Crippen LogP contribution in [0.5, 0.6) is 0 Å². The van der Waals surface area contributed by atoms with Gasteiger partial charge >= 0.3 is 0 Å². The lowest BCUT2D eigenvalue weighted by Crippen LogP contribution is -2.06. The van der Waals surface area contributed by atoms with E-state index in [0.29, 0.717) is 0 Å². The highest BCUT2D eigenvalue weighted by Gasteiger charge is 2.53. The van der Waals surface area contributed by atoms with Crippen LogP contribution in [0.3, 0.4) is 0 Å². The Bertz CT molecular complexity index is 304. The molecular weight excluding hydrogens is 111 g/mol. The van der Waals surface area contributed by atoms with Crippen LogP contribution in [-0.4, -0.2) is 7.85 Å². The van der Waals surface area contributed by atoms with Crippen LogP contribution in [0.2, 0.25) is 0 Å². The maximum absolute atomic E-state index is 5.57. The Hall–Kier alpha value is -1.12. The van der Waals surface area contributed by atoms with Gasteiger partial charge in [0.2, 0.25) is 0 Å². The molecule has 40 valence electrons. The lowest BCUT2D eigenvalue weighted by molar-refractivity contribution is 1.66. The van der Waals surface area contributed by atoms with Crippen molar-refractivity contribution in [1.82, 2.24) is 0 Å². The molecule has 0 fully saturated rings. The Morgan fingerprint density at radius 1 is 1.33 bits per heavy atom. The second-order valence-corrected chi connectivity index (χ2v) is 2.44. The summed E-state index contributed by atoms with van der Waals surface area (Å²) in [6, 6.07) is 1.82. The van der Waals surface area contributed by atoms with Crippen LogP contribution in [0.15, 0.2) is 6.07 Å². The molecule has 3 heteroatoms. The highest BCUT2D eigenvalue weighted by atomic mass is 15.4. The quantitative estimate of drug-likeness (QED) is 0.256. The van der Waals surface area contributed by atoms with E-state index in [-0.39, 0.29) is 0 Å². The van der Waals surface area contributed by atoms with Crippen molar-refractivity contribution in [2.75, 3.05) is 10.6 Å². The minimum Gasteiger partial charge on any atom is -0.397 e. The number of hydrogen-bond donors (Lipinski definition) is 1. The predicted octanol–water partition coefficient (Wildman–Crippen LogP) is 0.159. The lowest BCUT2D eigenvalue weighted by atomic mass is 9.94. The van der Waals surface area contributed by atoms with Crippen molar-refractivity contribution >= 4 is 36.1 Å². The van der Waals surface area contributed by atoms with Crippen molar-refractivity contribution in [3.63, 3.8) is 0 Å². The molecule has 4 rings (SSSR count). The number of fused-ring (bicyclic) bond motifs is 2. The number of benzene rings is 1. The molecule has 0 aliphatic carbocycles. The topological polar surface area (TPSA) is 29.0 Å². The third-order valence-electron chi connectivity index (χ3n) is 1.88. The van der Waals surface area contributed by atoms with Crippen molar-refractivity contribution in [3.05, 3.63) is 6.07 Å². The van der Waals surface area contributed by atoms with Crippen molar-refractivity contribution in [2.45, 2.75) is 0 Å². The van der Waals surface area contributed by atoms with Crippen LogP contribution in [-0.2, 0) is 0 Å². The smallest absolute Gasteiger partial charge is 0.116 e. The summed E-state index contributed by atoms with van der Waals surface area (Å²) in [5.74, 6) is 0. The van der Waals surface area contributed by atoms with Gasteiger partial charge in [0.25, 0.3) is 0 Å². The fraction of sp³-hybridized carbons (Fsp3) is 0. The van der Waals surface area contributed by atoms with E-state index in [0.717, 1.165) is 11.2 Å². The minimum absolute atomic E-state index is 0.817. The molecule has 1 aromatic rings. The van der Waals surface area contributed by atoms with Crippen LogP contribution in [0.1, 0.15) is 0 Å². The fourth-order valence-electron chi connectivity index (χ4n) is 1.34. The number of rotatable bonds is 0. The van der Waals surface area contributed by atoms with E-state index in [1.54, 1.807) is 0 Å². The summed E-state index contributed by atoms with van der Waals surface area (Å²) in [5, 5.41) is 0. The molecular formula is C6H3BN2. The number of nitrogen functional groups attached to an aromatic ring is 1. The molecule has 2 bridgehead atoms. The highest BCUT2D eigenvalue weighted by molar-refractivity contribution is 6.47. The van der Waals surface area contributed by atoms with E-state index in [1.165, 1.54) is 17.1 Å². The second kappa shape index (κ2) is 0.745. The van der Waals surface area contributed by atoms with Crippen LogP contribution in [0.4, 0.5) is 22.7 Å². The summed E-state index contributed by atoms with van der Waals surface area (Å²) < 4.78 is 0. The second-order valence-electron chi connectivity index (χ2n) is 2.44. The molecule has 3 aliphatic heterocycles. The summed E-state index contributed by atoms with van der Waals surface area (Å²) in [6.07, 6.45) is 0. The molecule has 3 heterocycles. The molecule has 0 saturated heterocycles. The van der Waals surface area contributed by atoms with Crippen LogP contribution in [0, 0.1) is 0 Å². The molecule has 0 spiro atoms. The average molecular weight is 114 g/mol. The summed E-state index contributed by atoms with van der Waals surface area (Å²) in [6.45, 7) is 0. The number of nitrogens with zero attached hydrogens (tertiary/aromatic N) is 1. The molecule has 0 atom stereocenters. The standard InChI is InChI=1S/C6H3BN2/c7-2-1-3(8)5-6-4(2)9(5)6/h1H,8H2. The Labute approximate surface area is 53.7 Å². The first-order valence-electron chi connectivity index (χ1n) is 2.83. The molecule has 2 radical (unpaired) electrons. The van der Waals surface area contributed by atoms with Crippen molar-refractivity contribution in [2.24, 2.45) is 0 Å². The van der Waals surface area contributed by atoms with Gasteiger partial charge in [0, 0.05) is 0 Å². The average Bonchev–Trinajstić information content (AvgIpc) is 2.41. The number of anilines is 4. The first-order valence-corrected chi connectivity index (χ1v) is 2.83. The van der Waals surface area contributed by atoms with E-state index in [2.05, 4.69) is 4.90 Å². The highest BCUT2D eigenvalue weighted by Crippen LogP contribution is 2.75. The molecule has 3 aliphatic rings. The number of hydrogen-bond acceptors (Lipinski definition) is 2. The normalized spacial score (nSPS) is 15.3. The van der Waals surface area contributed by atoms with Gasteiger partial charge in [-0.2, -0.15) is 0 Å². The van der Waals surface area contributed by atoms with Crippen molar-refractivity contribution in [1.29, 1.82) is 0 Å². The molecule has 0 aromatic heterocycles. The van der Waals surface area contributed by atoms with Gasteiger partial charge in [-0.25, -0.2) is 0 Å². The molecule has 0 unspecified atom stereocenters. The minimum atomic E-state index is 0.817. The zero-order valence-corrected chi connectivity index (χ0v) is 4.68. The Kier molecular flexibility index (Phi) is 0.317. The van der Waals surface area contributed by atoms with Gasteiger partial charge in [-0.3, -0.25) is 0 Å². The first kappa shape index (κ1) is 3.83. The maximum atomic E-state index is 5.57. The fourth-order valence-corrected chi connectivity index (χ4v) is 1.34. The monoisotopic (exact) mass is 114 g/mol. The van der Waals surface area contributed by atoms with Gasteiger partial charge in [0.15, 0.2) is 0 Å². The lowest BCUT2D eigenvalue weighted by Gasteiger charge is -2.01. The van der Waals surface area contributed by atoms with Crippen molar-refractivity contribution < 1.29 is 0 Å². The van der Waals surface area contributed by atoms with Crippen LogP contribution in [0.25, 0.3) is 0 Å². The van der Waals surface area contributed by atoms with E-state index in [9.17, 15) is 0 Å². The van der Waals surface area contributed by atoms with E-state index in [4.69, 9.17) is 13.6 Å². The van der Waals surface area contributed by atoms with Gasteiger partial charge in [-0.15, -0.1) is 0 Å². The van der Waals surface area contributed by atoms with Crippen LogP contribution < -0.4 is 16.1 Å². The third kappa shape index (κ3) is 0.227. The predicted molar refractivity (Wildman–Crippen MR) is 38.0 cm³/mol. The molecule has 9 heavy (non-hydrogen) atoms. The van der Waals surface area contributed by atoms with Gasteiger partial charge < -0.3 is 10.6 Å². The Balaban J connectivity index is 2.48. The molecule has 2 N–H and O–H groups in total. The van der Waals surface area contributed by atoms with Gasteiger partial charge in [0.05, 0.1) is 22.7 Å². The molecule has 0 amide bonds. The summed E-state index contributed by atoms with van der Waals surface area (Å²) in [7, 11) is 5.57. The molecule has 1 aromatic carbocycles.